The van der Waals surface area contributed by atoms with E-state index in [0.717, 1.165) is 42.3 Å². The molecule has 1 amide bonds. The van der Waals surface area contributed by atoms with Crippen LogP contribution in [0.1, 0.15) is 34.7 Å². The summed E-state index contributed by atoms with van der Waals surface area (Å²) in [6.45, 7) is 3.13. The number of thioether (sulfide) groups is 1. The van der Waals surface area contributed by atoms with Crippen LogP contribution in [0.15, 0.2) is 39.8 Å². The zero-order chi connectivity index (χ0) is 17.6. The number of likely N-dealkylation sites (tertiary alicyclic amines) is 1. The van der Waals surface area contributed by atoms with Crippen molar-refractivity contribution in [3.05, 3.63) is 47.3 Å². The Bertz CT molecular complexity index is 753. The lowest BCUT2D eigenvalue weighted by Crippen LogP contribution is -2.32. The fourth-order valence-corrected chi connectivity index (χ4v) is 3.58. The second kappa shape index (κ2) is 8.20. The zero-order valence-electron chi connectivity index (χ0n) is 14.1. The van der Waals surface area contributed by atoms with Gasteiger partial charge in [-0.15, -0.1) is 11.8 Å². The molecule has 0 radical (unpaired) electrons. The molecule has 2 heterocycles. The van der Waals surface area contributed by atoms with E-state index in [-0.39, 0.29) is 12.5 Å². The Hall–Kier alpha value is -2.28. The SMILES string of the molecule is Cc1cc(CSc2ccccc2C(=O)OCC(=O)N2CCCC2)no1. The second-order valence-corrected chi connectivity index (χ2v) is 6.89. The molecule has 0 atom stereocenters. The number of aromatic nitrogens is 1. The van der Waals surface area contributed by atoms with Gasteiger partial charge in [-0.3, -0.25) is 4.79 Å². The predicted octanol–water partition coefficient (Wildman–Crippen LogP) is 3.05. The maximum Gasteiger partial charge on any atom is 0.339 e. The summed E-state index contributed by atoms with van der Waals surface area (Å²) in [5.41, 5.74) is 1.27. The van der Waals surface area contributed by atoms with E-state index in [1.54, 1.807) is 17.0 Å². The summed E-state index contributed by atoms with van der Waals surface area (Å²) in [5, 5.41) is 3.95. The number of nitrogens with zero attached hydrogens (tertiary/aromatic N) is 2. The van der Waals surface area contributed by atoms with Gasteiger partial charge < -0.3 is 14.2 Å². The standard InChI is InChI=1S/C18H20N2O4S/c1-13-10-14(19-24-13)12-25-16-7-3-2-6-15(16)18(22)23-11-17(21)20-8-4-5-9-20/h2-3,6-7,10H,4-5,8-9,11-12H2,1H3. The summed E-state index contributed by atoms with van der Waals surface area (Å²) in [4.78, 5) is 26.9. The molecular weight excluding hydrogens is 340 g/mol. The van der Waals surface area contributed by atoms with Crippen LogP contribution < -0.4 is 0 Å². The molecule has 1 aliphatic rings. The van der Waals surface area contributed by atoms with E-state index < -0.39 is 5.97 Å². The Balaban J connectivity index is 1.59. The number of esters is 1. The summed E-state index contributed by atoms with van der Waals surface area (Å²) < 4.78 is 10.3. The molecule has 25 heavy (non-hydrogen) atoms. The van der Waals surface area contributed by atoms with E-state index in [9.17, 15) is 9.59 Å². The number of amides is 1. The average Bonchev–Trinajstić information content (AvgIpc) is 3.29. The number of benzene rings is 1. The van der Waals surface area contributed by atoms with E-state index >= 15 is 0 Å². The number of hydrogen-bond donors (Lipinski definition) is 0. The summed E-state index contributed by atoms with van der Waals surface area (Å²) in [6, 6.07) is 9.07. The molecule has 0 bridgehead atoms. The quantitative estimate of drug-likeness (QED) is 0.582. The first kappa shape index (κ1) is 17.5. The Kier molecular flexibility index (Phi) is 5.75. The van der Waals surface area contributed by atoms with E-state index in [4.69, 9.17) is 9.26 Å². The topological polar surface area (TPSA) is 72.6 Å². The van der Waals surface area contributed by atoms with Crippen molar-refractivity contribution >= 4 is 23.6 Å². The Labute approximate surface area is 150 Å². The van der Waals surface area contributed by atoms with E-state index in [1.807, 2.05) is 25.1 Å². The molecule has 1 aromatic carbocycles. The highest BCUT2D eigenvalue weighted by atomic mass is 32.2. The maximum atomic E-state index is 12.4. The highest BCUT2D eigenvalue weighted by molar-refractivity contribution is 7.98. The van der Waals surface area contributed by atoms with Crippen LogP contribution in [-0.4, -0.2) is 41.6 Å². The minimum absolute atomic E-state index is 0.131. The molecule has 2 aromatic rings. The molecule has 0 saturated carbocycles. The lowest BCUT2D eigenvalue weighted by atomic mass is 10.2. The number of ether oxygens (including phenoxy) is 1. The second-order valence-electron chi connectivity index (χ2n) is 5.88. The summed E-state index contributed by atoms with van der Waals surface area (Å²) >= 11 is 1.48. The van der Waals surface area contributed by atoms with Gasteiger partial charge in [0, 0.05) is 29.8 Å². The normalized spacial score (nSPS) is 13.9. The van der Waals surface area contributed by atoms with Crippen LogP contribution in [0, 0.1) is 6.92 Å². The minimum Gasteiger partial charge on any atom is -0.452 e. The van der Waals surface area contributed by atoms with Gasteiger partial charge in [-0.2, -0.15) is 0 Å². The monoisotopic (exact) mass is 360 g/mol. The van der Waals surface area contributed by atoms with Gasteiger partial charge in [-0.25, -0.2) is 4.79 Å². The van der Waals surface area contributed by atoms with E-state index in [2.05, 4.69) is 5.16 Å². The van der Waals surface area contributed by atoms with Crippen LogP contribution in [0.25, 0.3) is 0 Å². The van der Waals surface area contributed by atoms with Gasteiger partial charge in [0.05, 0.1) is 11.3 Å². The molecular formula is C18H20N2O4S. The van der Waals surface area contributed by atoms with Gasteiger partial charge in [0.2, 0.25) is 0 Å². The smallest absolute Gasteiger partial charge is 0.339 e. The van der Waals surface area contributed by atoms with Gasteiger partial charge in [0.15, 0.2) is 6.61 Å². The fourth-order valence-electron chi connectivity index (χ4n) is 2.66. The van der Waals surface area contributed by atoms with Crippen LogP contribution in [0.3, 0.4) is 0 Å². The van der Waals surface area contributed by atoms with Crippen molar-refractivity contribution in [3.63, 3.8) is 0 Å². The third kappa shape index (κ3) is 4.63. The molecule has 3 rings (SSSR count). The van der Waals surface area contributed by atoms with Crippen molar-refractivity contribution in [3.8, 4) is 0 Å². The first-order chi connectivity index (χ1) is 12.1. The van der Waals surface area contributed by atoms with Crippen molar-refractivity contribution in [2.45, 2.75) is 30.4 Å². The molecule has 1 aliphatic heterocycles. The summed E-state index contributed by atoms with van der Waals surface area (Å²) in [7, 11) is 0. The van der Waals surface area contributed by atoms with Crippen LogP contribution in [0.2, 0.25) is 0 Å². The number of carbonyl (C=O) groups is 2. The van der Waals surface area contributed by atoms with Gasteiger partial charge >= 0.3 is 5.97 Å². The molecule has 1 aromatic heterocycles. The lowest BCUT2D eigenvalue weighted by molar-refractivity contribution is -0.133. The van der Waals surface area contributed by atoms with Gasteiger partial charge in [-0.05, 0) is 31.9 Å². The Morgan fingerprint density at radius 3 is 2.76 bits per heavy atom. The minimum atomic E-state index is -0.480. The number of hydrogen-bond acceptors (Lipinski definition) is 6. The highest BCUT2D eigenvalue weighted by Gasteiger charge is 2.20. The molecule has 132 valence electrons. The molecule has 1 saturated heterocycles. The highest BCUT2D eigenvalue weighted by Crippen LogP contribution is 2.26. The first-order valence-corrected chi connectivity index (χ1v) is 9.21. The van der Waals surface area contributed by atoms with Gasteiger partial charge in [0.1, 0.15) is 5.76 Å². The molecule has 0 spiro atoms. The Morgan fingerprint density at radius 1 is 1.28 bits per heavy atom. The number of aryl methyl sites for hydroxylation is 1. The van der Waals surface area contributed by atoms with Crippen molar-refractivity contribution in [1.29, 1.82) is 0 Å². The third-order valence-corrected chi connectivity index (χ3v) is 5.05. The molecule has 6 nitrogen and oxygen atoms in total. The van der Waals surface area contributed by atoms with Crippen molar-refractivity contribution < 1.29 is 18.8 Å². The van der Waals surface area contributed by atoms with E-state index in [1.165, 1.54) is 11.8 Å². The molecule has 1 fully saturated rings. The Morgan fingerprint density at radius 2 is 2.04 bits per heavy atom. The van der Waals surface area contributed by atoms with E-state index in [0.29, 0.717) is 11.3 Å². The third-order valence-electron chi connectivity index (χ3n) is 3.94. The zero-order valence-corrected chi connectivity index (χ0v) is 14.9. The maximum absolute atomic E-state index is 12.4. The van der Waals surface area contributed by atoms with Crippen LogP contribution in [-0.2, 0) is 15.3 Å². The molecule has 0 unspecified atom stereocenters. The van der Waals surface area contributed by atoms with Crippen molar-refractivity contribution in [2.24, 2.45) is 0 Å². The van der Waals surface area contributed by atoms with Gasteiger partial charge in [-0.1, -0.05) is 17.3 Å². The van der Waals surface area contributed by atoms with Crippen LogP contribution in [0.5, 0.6) is 0 Å². The lowest BCUT2D eigenvalue weighted by Gasteiger charge is -2.15. The summed E-state index contributed by atoms with van der Waals surface area (Å²) in [6.07, 6.45) is 2.03. The van der Waals surface area contributed by atoms with Crippen molar-refractivity contribution in [1.82, 2.24) is 10.1 Å². The molecule has 0 aliphatic carbocycles. The van der Waals surface area contributed by atoms with Gasteiger partial charge in [0.25, 0.3) is 5.91 Å². The summed E-state index contributed by atoms with van der Waals surface area (Å²) in [5.74, 6) is 0.735. The fraction of sp³-hybridized carbons (Fsp3) is 0.389. The first-order valence-electron chi connectivity index (χ1n) is 8.22. The number of carbonyl (C=O) groups excluding carboxylic acids is 2. The number of rotatable bonds is 6. The van der Waals surface area contributed by atoms with Crippen LogP contribution in [0.4, 0.5) is 0 Å². The average molecular weight is 360 g/mol. The predicted molar refractivity (Wildman–Crippen MR) is 93.3 cm³/mol. The van der Waals surface area contributed by atoms with Crippen molar-refractivity contribution in [2.75, 3.05) is 19.7 Å². The molecule has 0 N–H and O–H groups in total. The largest absolute Gasteiger partial charge is 0.452 e. The molecule has 7 heteroatoms. The van der Waals surface area contributed by atoms with Crippen LogP contribution >= 0.6 is 11.8 Å².